The number of nitrogens with two attached hydrogens (primary N) is 3. The van der Waals surface area contributed by atoms with E-state index in [4.69, 9.17) is 43.7 Å². The maximum atomic E-state index is 11.7. The zero-order valence-corrected chi connectivity index (χ0v) is 19.1. The molecule has 0 bridgehead atoms. The number of halogens is 2. The molecule has 0 saturated carbocycles. The molecule has 172 valence electrons. The van der Waals surface area contributed by atoms with Gasteiger partial charge < -0.3 is 31.6 Å². The summed E-state index contributed by atoms with van der Waals surface area (Å²) < 4.78 is 10.6. The lowest BCUT2D eigenvalue weighted by Gasteiger charge is -2.38. The first-order valence-electron chi connectivity index (χ1n) is 9.48. The van der Waals surface area contributed by atoms with Crippen LogP contribution in [0, 0.1) is 5.41 Å². The quantitative estimate of drug-likeness (QED) is 0.240. The molecule has 0 spiro atoms. The molecule has 10 nitrogen and oxygen atoms in total. The smallest absolute Gasteiger partial charge is 0.271 e. The number of nitrogens with one attached hydrogen (secondary N) is 1. The number of guanidine groups is 1. The highest BCUT2D eigenvalue weighted by Gasteiger charge is 2.34. The molecule has 2 rings (SSSR count). The average Bonchev–Trinajstić information content (AvgIpc) is 2.72. The minimum absolute atomic E-state index is 0. The molecule has 1 heterocycles. The van der Waals surface area contributed by atoms with Gasteiger partial charge in [-0.15, -0.1) is 12.4 Å². The molecule has 12 heteroatoms. The number of hydrogen-bond donors (Lipinski definition) is 4. The van der Waals surface area contributed by atoms with E-state index in [1.807, 2.05) is 19.1 Å². The van der Waals surface area contributed by atoms with Crippen LogP contribution in [0.2, 0.25) is 0 Å². The van der Waals surface area contributed by atoms with Crippen LogP contribution in [0.5, 0.6) is 5.75 Å². The van der Waals surface area contributed by atoms with E-state index in [9.17, 15) is 4.79 Å². The maximum Gasteiger partial charge on any atom is 0.271 e. The number of nitrogens with zero attached hydrogens (tertiary/aromatic N) is 3. The molecule has 0 aliphatic carbocycles. The first-order chi connectivity index (χ1) is 14.3. The molecule has 1 aromatic rings. The number of ether oxygens (including phenoxy) is 2. The highest BCUT2D eigenvalue weighted by molar-refractivity contribution is 6.67. The van der Waals surface area contributed by atoms with Crippen molar-refractivity contribution >= 4 is 46.7 Å². The number of rotatable bonds is 9. The van der Waals surface area contributed by atoms with Crippen LogP contribution in [0.15, 0.2) is 40.8 Å². The number of carbonyl (C=O) groups is 1. The number of aliphatic imine (C=N–C) groups is 1. The molecular formula is C19H29Cl2N7O3. The standard InChI is InChI=1S/C19H28ClN7O3.ClH/c1-3-4-9-26(12-5-7-13(8-6-12)30-11-10-29-2)19(24)27-16(21)14(18(23)28)25-15(20)17(27)22;/h5-8,17,24H,3-4,9-11,21-22H2,1-2H3,(H2,23,28);1H. The second kappa shape index (κ2) is 12.4. The summed E-state index contributed by atoms with van der Waals surface area (Å²) in [5, 5.41) is 8.69. The average molecular weight is 474 g/mol. The highest BCUT2D eigenvalue weighted by atomic mass is 35.5. The van der Waals surface area contributed by atoms with Gasteiger partial charge in [0.25, 0.3) is 5.91 Å². The molecule has 0 radical (unpaired) electrons. The number of hydrogen-bond acceptors (Lipinski definition) is 7. The van der Waals surface area contributed by atoms with Gasteiger partial charge in [-0.05, 0) is 30.7 Å². The molecule has 1 aliphatic rings. The van der Waals surface area contributed by atoms with Crippen molar-refractivity contribution in [2.75, 3.05) is 31.8 Å². The van der Waals surface area contributed by atoms with Gasteiger partial charge in [-0.3, -0.25) is 15.1 Å². The lowest BCUT2D eigenvalue weighted by molar-refractivity contribution is -0.114. The first kappa shape index (κ1) is 26.5. The summed E-state index contributed by atoms with van der Waals surface area (Å²) in [6.07, 6.45) is 0.711. The second-order valence-corrected chi connectivity index (χ2v) is 6.90. The summed E-state index contributed by atoms with van der Waals surface area (Å²) in [6, 6.07) is 7.25. The normalized spacial score (nSPS) is 15.8. The SMILES string of the molecule is CCCCN(C(=N)N1C(N)=C(C(N)=O)N=C(Cl)C1N)c1ccc(OCCOC)cc1.Cl. The molecular weight excluding hydrogens is 445 g/mol. The van der Waals surface area contributed by atoms with E-state index in [-0.39, 0.29) is 35.1 Å². The predicted octanol–water partition coefficient (Wildman–Crippen LogP) is 1.53. The van der Waals surface area contributed by atoms with Crippen molar-refractivity contribution in [3.05, 3.63) is 35.8 Å². The minimum Gasteiger partial charge on any atom is -0.491 e. The Bertz CT molecular complexity index is 830. The fraction of sp³-hybridized carbons (Fsp3) is 0.421. The summed E-state index contributed by atoms with van der Waals surface area (Å²) in [7, 11) is 1.61. The lowest BCUT2D eigenvalue weighted by Crippen LogP contribution is -2.57. The van der Waals surface area contributed by atoms with E-state index in [2.05, 4.69) is 4.99 Å². The van der Waals surface area contributed by atoms with Crippen molar-refractivity contribution in [1.29, 1.82) is 5.41 Å². The Labute approximate surface area is 192 Å². The Balaban J connectivity index is 0.00000480. The molecule has 1 amide bonds. The molecule has 1 unspecified atom stereocenters. The Morgan fingerprint density at radius 1 is 1.32 bits per heavy atom. The summed E-state index contributed by atoms with van der Waals surface area (Å²) in [4.78, 5) is 18.5. The number of primary amides is 1. The van der Waals surface area contributed by atoms with Crippen LogP contribution in [0.3, 0.4) is 0 Å². The van der Waals surface area contributed by atoms with Crippen LogP contribution >= 0.6 is 24.0 Å². The van der Waals surface area contributed by atoms with E-state index < -0.39 is 12.1 Å². The van der Waals surface area contributed by atoms with Crippen LogP contribution in [-0.4, -0.2) is 55.0 Å². The molecule has 1 atom stereocenters. The third-order valence-electron chi connectivity index (χ3n) is 4.40. The minimum atomic E-state index is -1.01. The molecule has 1 aliphatic heterocycles. The number of carbonyl (C=O) groups excluding carboxylic acids is 1. The molecule has 0 fully saturated rings. The largest absolute Gasteiger partial charge is 0.491 e. The molecule has 7 N–H and O–H groups in total. The molecule has 31 heavy (non-hydrogen) atoms. The Morgan fingerprint density at radius 3 is 2.52 bits per heavy atom. The van der Waals surface area contributed by atoms with Crippen LogP contribution in [0.4, 0.5) is 5.69 Å². The Hall–Kier alpha value is -2.53. The fourth-order valence-corrected chi connectivity index (χ4v) is 2.98. The van der Waals surface area contributed by atoms with Crippen molar-refractivity contribution < 1.29 is 14.3 Å². The van der Waals surface area contributed by atoms with Gasteiger partial charge in [0, 0.05) is 19.3 Å². The van der Waals surface area contributed by atoms with Crippen molar-refractivity contribution in [1.82, 2.24) is 4.90 Å². The number of benzene rings is 1. The number of methoxy groups -OCH3 is 1. The third-order valence-corrected chi connectivity index (χ3v) is 4.71. The molecule has 1 aromatic carbocycles. The number of unbranched alkanes of at least 4 members (excludes halogenated alkanes) is 1. The van der Waals surface area contributed by atoms with Crippen molar-refractivity contribution in [2.24, 2.45) is 22.2 Å². The van der Waals surface area contributed by atoms with E-state index >= 15 is 0 Å². The van der Waals surface area contributed by atoms with E-state index in [1.165, 1.54) is 4.90 Å². The first-order valence-corrected chi connectivity index (χ1v) is 9.85. The van der Waals surface area contributed by atoms with Crippen LogP contribution < -0.4 is 26.8 Å². The lowest BCUT2D eigenvalue weighted by atomic mass is 10.2. The monoisotopic (exact) mass is 473 g/mol. The zero-order valence-electron chi connectivity index (χ0n) is 17.5. The Morgan fingerprint density at radius 2 is 1.97 bits per heavy atom. The summed E-state index contributed by atoms with van der Waals surface area (Å²) in [5.74, 6) is -0.343. The van der Waals surface area contributed by atoms with Crippen LogP contribution in [0.25, 0.3) is 0 Å². The Kier molecular flexibility index (Phi) is 10.6. The van der Waals surface area contributed by atoms with Crippen molar-refractivity contribution in [3.63, 3.8) is 0 Å². The maximum absolute atomic E-state index is 11.7. The van der Waals surface area contributed by atoms with E-state index in [0.29, 0.717) is 25.5 Å². The summed E-state index contributed by atoms with van der Waals surface area (Å²) in [6.45, 7) is 3.49. The second-order valence-electron chi connectivity index (χ2n) is 6.51. The van der Waals surface area contributed by atoms with Gasteiger partial charge >= 0.3 is 0 Å². The predicted molar refractivity (Wildman–Crippen MR) is 125 cm³/mol. The topological polar surface area (TPSA) is 156 Å². The zero-order chi connectivity index (χ0) is 22.3. The van der Waals surface area contributed by atoms with Gasteiger partial charge in [-0.25, -0.2) is 4.99 Å². The van der Waals surface area contributed by atoms with Crippen molar-refractivity contribution in [2.45, 2.75) is 25.9 Å². The fourth-order valence-electron chi connectivity index (χ4n) is 2.80. The van der Waals surface area contributed by atoms with E-state index in [1.54, 1.807) is 24.1 Å². The van der Waals surface area contributed by atoms with Crippen molar-refractivity contribution in [3.8, 4) is 5.75 Å². The summed E-state index contributed by atoms with van der Waals surface area (Å²) in [5.41, 5.74) is 18.0. The van der Waals surface area contributed by atoms with Gasteiger partial charge in [0.15, 0.2) is 5.70 Å². The third kappa shape index (κ3) is 6.47. The highest BCUT2D eigenvalue weighted by Crippen LogP contribution is 2.25. The van der Waals surface area contributed by atoms with Gasteiger partial charge in [0.05, 0.1) is 6.61 Å². The van der Waals surface area contributed by atoms with Crippen LogP contribution in [0.1, 0.15) is 19.8 Å². The van der Waals surface area contributed by atoms with Gasteiger partial charge in [-0.2, -0.15) is 0 Å². The number of anilines is 1. The van der Waals surface area contributed by atoms with Crippen LogP contribution in [-0.2, 0) is 9.53 Å². The number of amides is 1. The molecule has 0 saturated heterocycles. The van der Waals surface area contributed by atoms with Gasteiger partial charge in [0.2, 0.25) is 5.96 Å². The van der Waals surface area contributed by atoms with Gasteiger partial charge in [0.1, 0.15) is 29.5 Å². The molecule has 0 aromatic heterocycles. The van der Waals surface area contributed by atoms with E-state index in [0.717, 1.165) is 18.5 Å². The van der Waals surface area contributed by atoms with Gasteiger partial charge in [-0.1, -0.05) is 24.9 Å². The summed E-state index contributed by atoms with van der Waals surface area (Å²) >= 11 is 6.09.